The lowest BCUT2D eigenvalue weighted by atomic mass is 10.1. The summed E-state index contributed by atoms with van der Waals surface area (Å²) in [5, 5.41) is 18.4. The molecular weight excluding hydrogens is 222 g/mol. The molecule has 0 radical (unpaired) electrons. The van der Waals surface area contributed by atoms with E-state index in [0.717, 1.165) is 5.56 Å². The Balaban J connectivity index is 3.36. The third kappa shape index (κ3) is 2.53. The van der Waals surface area contributed by atoms with E-state index < -0.39 is 0 Å². The minimum Gasteiger partial charge on any atom is -0.376 e. The van der Waals surface area contributed by atoms with Crippen LogP contribution >= 0.6 is 11.6 Å². The molecule has 16 heavy (non-hydrogen) atoms. The van der Waals surface area contributed by atoms with Gasteiger partial charge in [-0.3, -0.25) is 0 Å². The molecule has 1 rings (SSSR count). The normalized spacial score (nSPS) is 8.81. The number of hydrogen-bond donors (Lipinski definition) is 0. The Bertz CT molecular complexity index is 470. The van der Waals surface area contributed by atoms with Crippen LogP contribution in [-0.2, 0) is 0 Å². The van der Waals surface area contributed by atoms with Gasteiger partial charge >= 0.3 is 0 Å². The molecule has 0 amide bonds. The van der Waals surface area contributed by atoms with Gasteiger partial charge in [0.1, 0.15) is 12.1 Å². The molecular formula is C12H10ClN3. The first-order chi connectivity index (χ1) is 7.60. The Hall–Kier alpha value is -1.97. The van der Waals surface area contributed by atoms with Crippen LogP contribution < -0.4 is 0 Å². The van der Waals surface area contributed by atoms with E-state index in [9.17, 15) is 0 Å². The lowest BCUT2D eigenvalue weighted by molar-refractivity contribution is 0.590. The van der Waals surface area contributed by atoms with E-state index in [2.05, 4.69) is 0 Å². The van der Waals surface area contributed by atoms with Crippen molar-refractivity contribution in [3.05, 3.63) is 40.4 Å². The summed E-state index contributed by atoms with van der Waals surface area (Å²) >= 11 is 5.78. The van der Waals surface area contributed by atoms with Crippen LogP contribution in [0.3, 0.4) is 0 Å². The predicted octanol–water partition coefficient (Wildman–Crippen LogP) is 2.66. The molecule has 0 saturated heterocycles. The van der Waals surface area contributed by atoms with Gasteiger partial charge in [0.05, 0.1) is 5.70 Å². The van der Waals surface area contributed by atoms with Gasteiger partial charge in [-0.1, -0.05) is 23.7 Å². The molecule has 0 saturated carbocycles. The fourth-order valence-corrected chi connectivity index (χ4v) is 1.49. The van der Waals surface area contributed by atoms with Crippen LogP contribution in [0.1, 0.15) is 5.56 Å². The van der Waals surface area contributed by atoms with Gasteiger partial charge in [-0.2, -0.15) is 10.5 Å². The lowest BCUT2D eigenvalue weighted by Crippen LogP contribution is -2.12. The maximum atomic E-state index is 8.88. The molecule has 0 atom stereocenters. The van der Waals surface area contributed by atoms with Crippen molar-refractivity contribution in [1.29, 1.82) is 10.5 Å². The first kappa shape index (κ1) is 12.1. The third-order valence-electron chi connectivity index (χ3n) is 2.03. The van der Waals surface area contributed by atoms with Crippen LogP contribution in [-0.4, -0.2) is 19.0 Å². The van der Waals surface area contributed by atoms with Gasteiger partial charge < -0.3 is 4.90 Å². The monoisotopic (exact) mass is 231 g/mol. The summed E-state index contributed by atoms with van der Waals surface area (Å²) in [5.74, 6) is 0. The quantitative estimate of drug-likeness (QED) is 0.736. The van der Waals surface area contributed by atoms with Crippen molar-refractivity contribution in [3.8, 4) is 12.1 Å². The van der Waals surface area contributed by atoms with Crippen molar-refractivity contribution in [3.63, 3.8) is 0 Å². The van der Waals surface area contributed by atoms with Crippen LogP contribution in [0.15, 0.2) is 29.8 Å². The summed E-state index contributed by atoms with van der Waals surface area (Å²) in [4.78, 5) is 1.74. The number of rotatable bonds is 2. The molecule has 0 spiro atoms. The molecule has 0 unspecified atom stereocenters. The Labute approximate surface area is 99.8 Å². The van der Waals surface area contributed by atoms with E-state index in [1.807, 2.05) is 12.1 Å². The maximum Gasteiger partial charge on any atom is 0.153 e. The number of hydrogen-bond acceptors (Lipinski definition) is 3. The van der Waals surface area contributed by atoms with E-state index in [1.54, 1.807) is 43.3 Å². The van der Waals surface area contributed by atoms with Gasteiger partial charge in [-0.25, -0.2) is 0 Å². The number of nitriles is 2. The van der Waals surface area contributed by atoms with E-state index >= 15 is 0 Å². The van der Waals surface area contributed by atoms with Crippen LogP contribution in [0.25, 0.3) is 5.70 Å². The highest BCUT2D eigenvalue weighted by molar-refractivity contribution is 6.30. The molecule has 0 fully saturated rings. The minimum atomic E-state index is 0.0901. The van der Waals surface area contributed by atoms with Gasteiger partial charge in [0.15, 0.2) is 5.57 Å². The van der Waals surface area contributed by atoms with Crippen molar-refractivity contribution < 1.29 is 0 Å². The fourth-order valence-electron chi connectivity index (χ4n) is 1.36. The summed E-state index contributed by atoms with van der Waals surface area (Å²) in [6.45, 7) is 0. The SMILES string of the molecule is CN(C)C(=C(C#N)C#N)c1ccc(Cl)cc1. The van der Waals surface area contributed by atoms with E-state index in [1.165, 1.54) is 0 Å². The summed E-state index contributed by atoms with van der Waals surface area (Å²) in [6, 6.07) is 10.8. The average molecular weight is 232 g/mol. The van der Waals surface area contributed by atoms with Gasteiger partial charge in [-0.05, 0) is 17.7 Å². The molecule has 80 valence electrons. The smallest absolute Gasteiger partial charge is 0.153 e. The van der Waals surface area contributed by atoms with Crippen LogP contribution in [0.2, 0.25) is 5.02 Å². The zero-order valence-corrected chi connectivity index (χ0v) is 9.78. The Morgan fingerprint density at radius 2 is 1.62 bits per heavy atom. The molecule has 0 heterocycles. The predicted molar refractivity (Wildman–Crippen MR) is 63.3 cm³/mol. The highest BCUT2D eigenvalue weighted by Crippen LogP contribution is 2.22. The average Bonchev–Trinajstić information content (AvgIpc) is 2.27. The largest absolute Gasteiger partial charge is 0.376 e. The van der Waals surface area contributed by atoms with E-state index in [-0.39, 0.29) is 5.57 Å². The van der Waals surface area contributed by atoms with Crippen LogP contribution in [0.4, 0.5) is 0 Å². The van der Waals surface area contributed by atoms with Gasteiger partial charge in [0, 0.05) is 19.1 Å². The summed E-state index contributed by atoms with van der Waals surface area (Å²) in [6.07, 6.45) is 0. The summed E-state index contributed by atoms with van der Waals surface area (Å²) < 4.78 is 0. The molecule has 4 heteroatoms. The van der Waals surface area contributed by atoms with Crippen molar-refractivity contribution in [2.45, 2.75) is 0 Å². The van der Waals surface area contributed by atoms with Crippen LogP contribution in [0, 0.1) is 22.7 Å². The fraction of sp³-hybridized carbons (Fsp3) is 0.167. The zero-order valence-electron chi connectivity index (χ0n) is 9.03. The second kappa shape index (κ2) is 5.21. The van der Waals surface area contributed by atoms with E-state index in [4.69, 9.17) is 22.1 Å². The minimum absolute atomic E-state index is 0.0901. The third-order valence-corrected chi connectivity index (χ3v) is 2.28. The molecule has 0 bridgehead atoms. The molecule has 1 aromatic carbocycles. The number of benzene rings is 1. The highest BCUT2D eigenvalue weighted by atomic mass is 35.5. The molecule has 0 aromatic heterocycles. The molecule has 1 aromatic rings. The molecule has 3 nitrogen and oxygen atoms in total. The Morgan fingerprint density at radius 1 is 1.12 bits per heavy atom. The van der Waals surface area contributed by atoms with Crippen LogP contribution in [0.5, 0.6) is 0 Å². The Kier molecular flexibility index (Phi) is 3.94. The number of nitrogens with zero attached hydrogens (tertiary/aromatic N) is 3. The van der Waals surface area contributed by atoms with Gasteiger partial charge in [0.25, 0.3) is 0 Å². The van der Waals surface area contributed by atoms with Crippen molar-refractivity contribution in [1.82, 2.24) is 4.90 Å². The lowest BCUT2D eigenvalue weighted by Gasteiger charge is -2.17. The summed E-state index contributed by atoms with van der Waals surface area (Å²) in [7, 11) is 3.58. The Morgan fingerprint density at radius 3 is 2.00 bits per heavy atom. The number of allylic oxidation sites excluding steroid dienone is 1. The zero-order chi connectivity index (χ0) is 12.1. The first-order valence-electron chi connectivity index (χ1n) is 4.58. The standard InChI is InChI=1S/C12H10ClN3/c1-16(2)12(10(7-14)8-15)9-3-5-11(13)6-4-9/h3-6H,1-2H3. The van der Waals surface area contributed by atoms with Crippen molar-refractivity contribution in [2.75, 3.05) is 14.1 Å². The molecule has 0 aliphatic heterocycles. The second-order valence-corrected chi connectivity index (χ2v) is 3.78. The van der Waals surface area contributed by atoms with Crippen molar-refractivity contribution >= 4 is 17.3 Å². The van der Waals surface area contributed by atoms with Gasteiger partial charge in [-0.15, -0.1) is 0 Å². The van der Waals surface area contributed by atoms with Crippen molar-refractivity contribution in [2.24, 2.45) is 0 Å². The second-order valence-electron chi connectivity index (χ2n) is 3.35. The maximum absolute atomic E-state index is 8.88. The molecule has 0 N–H and O–H groups in total. The summed E-state index contributed by atoms with van der Waals surface area (Å²) in [5.41, 5.74) is 1.49. The van der Waals surface area contributed by atoms with E-state index in [0.29, 0.717) is 10.7 Å². The number of halogens is 1. The van der Waals surface area contributed by atoms with Gasteiger partial charge in [0.2, 0.25) is 0 Å². The molecule has 0 aliphatic rings. The molecule has 0 aliphatic carbocycles. The topological polar surface area (TPSA) is 50.8 Å². The highest BCUT2D eigenvalue weighted by Gasteiger charge is 2.10. The first-order valence-corrected chi connectivity index (χ1v) is 4.95.